The summed E-state index contributed by atoms with van der Waals surface area (Å²) in [6.07, 6.45) is 3.57. The van der Waals surface area contributed by atoms with Crippen molar-refractivity contribution in [3.8, 4) is 5.69 Å². The lowest BCUT2D eigenvalue weighted by Crippen LogP contribution is -2.51. The number of carbonyl (C=O) groups is 2. The molecule has 8 heteroatoms. The number of ether oxygens (including phenoxy) is 1. The van der Waals surface area contributed by atoms with E-state index in [0.717, 1.165) is 11.3 Å². The summed E-state index contributed by atoms with van der Waals surface area (Å²) in [6.45, 7) is 4.32. The van der Waals surface area contributed by atoms with Crippen molar-refractivity contribution in [3.63, 3.8) is 0 Å². The van der Waals surface area contributed by atoms with E-state index in [1.807, 2.05) is 53.6 Å². The average Bonchev–Trinajstić information content (AvgIpc) is 3.36. The van der Waals surface area contributed by atoms with Crippen molar-refractivity contribution in [1.29, 1.82) is 0 Å². The zero-order valence-corrected chi connectivity index (χ0v) is 18.6. The molecular formula is C24H25ClN4O3. The Bertz CT molecular complexity index is 1040. The second kappa shape index (κ2) is 9.97. The molecule has 4 rings (SSSR count). The van der Waals surface area contributed by atoms with E-state index in [1.54, 1.807) is 29.9 Å². The van der Waals surface area contributed by atoms with Gasteiger partial charge in [-0.15, -0.1) is 0 Å². The number of rotatable bonds is 6. The number of halogens is 1. The predicted octanol–water partition coefficient (Wildman–Crippen LogP) is 3.59. The van der Waals surface area contributed by atoms with Gasteiger partial charge in [-0.3, -0.25) is 9.69 Å². The van der Waals surface area contributed by atoms with Gasteiger partial charge < -0.3 is 9.64 Å². The van der Waals surface area contributed by atoms with Crippen molar-refractivity contribution in [2.24, 2.45) is 0 Å². The van der Waals surface area contributed by atoms with Crippen molar-refractivity contribution < 1.29 is 14.3 Å². The first-order valence-electron chi connectivity index (χ1n) is 10.6. The molecule has 1 aliphatic heterocycles. The molecule has 0 bridgehead atoms. The van der Waals surface area contributed by atoms with Crippen molar-refractivity contribution in [2.75, 3.05) is 32.8 Å². The molecule has 2 heterocycles. The van der Waals surface area contributed by atoms with E-state index in [4.69, 9.17) is 16.3 Å². The van der Waals surface area contributed by atoms with Crippen LogP contribution in [0.2, 0.25) is 5.02 Å². The van der Waals surface area contributed by atoms with E-state index < -0.39 is 6.04 Å². The molecule has 1 saturated heterocycles. The minimum Gasteiger partial charge on any atom is -0.465 e. The number of hydrogen-bond acceptors (Lipinski definition) is 5. The number of carbonyl (C=O) groups excluding carboxylic acids is 2. The smallest absolute Gasteiger partial charge is 0.328 e. The molecule has 0 spiro atoms. The zero-order chi connectivity index (χ0) is 22.5. The number of benzene rings is 2. The third kappa shape index (κ3) is 4.84. The minimum atomic E-state index is -0.516. The molecule has 1 aromatic heterocycles. The van der Waals surface area contributed by atoms with Crippen LogP contribution in [0.5, 0.6) is 0 Å². The maximum Gasteiger partial charge on any atom is 0.328 e. The Morgan fingerprint density at radius 2 is 1.72 bits per heavy atom. The monoisotopic (exact) mass is 452 g/mol. The standard InChI is InChI=1S/C24H25ClN4O3/c1-2-32-24(31)22(18-4-8-20(25)9-5-18)27-14-16-28(17-15-27)23(30)19-6-10-21(11-7-19)29-13-3-12-26-29/h3-13,22H,2,14-17H2,1H3. The van der Waals surface area contributed by atoms with Gasteiger partial charge in [0.25, 0.3) is 5.91 Å². The Kier molecular flexibility index (Phi) is 6.87. The third-order valence-corrected chi connectivity index (χ3v) is 5.80. The summed E-state index contributed by atoms with van der Waals surface area (Å²) in [5.41, 5.74) is 2.37. The molecule has 1 amide bonds. The lowest BCUT2D eigenvalue weighted by molar-refractivity contribution is -0.150. The van der Waals surface area contributed by atoms with Crippen LogP contribution < -0.4 is 0 Å². The fourth-order valence-corrected chi connectivity index (χ4v) is 4.03. The van der Waals surface area contributed by atoms with Crippen LogP contribution in [0.15, 0.2) is 67.0 Å². The highest BCUT2D eigenvalue weighted by molar-refractivity contribution is 6.30. The molecule has 0 radical (unpaired) electrons. The Morgan fingerprint density at radius 1 is 1.03 bits per heavy atom. The van der Waals surface area contributed by atoms with Gasteiger partial charge >= 0.3 is 5.97 Å². The van der Waals surface area contributed by atoms with E-state index in [-0.39, 0.29) is 11.9 Å². The molecular weight excluding hydrogens is 428 g/mol. The maximum absolute atomic E-state index is 13.0. The van der Waals surface area contributed by atoms with Gasteiger partial charge in [0, 0.05) is 49.2 Å². The highest BCUT2D eigenvalue weighted by atomic mass is 35.5. The Hall–Kier alpha value is -3.16. The Balaban J connectivity index is 1.43. The van der Waals surface area contributed by atoms with Gasteiger partial charge in [0.05, 0.1) is 12.3 Å². The van der Waals surface area contributed by atoms with Crippen LogP contribution in [0, 0.1) is 0 Å². The van der Waals surface area contributed by atoms with Gasteiger partial charge in [-0.1, -0.05) is 23.7 Å². The summed E-state index contributed by atoms with van der Waals surface area (Å²) in [4.78, 5) is 29.6. The van der Waals surface area contributed by atoms with Crippen LogP contribution in [0.3, 0.4) is 0 Å². The van der Waals surface area contributed by atoms with Crippen molar-refractivity contribution in [1.82, 2.24) is 19.6 Å². The van der Waals surface area contributed by atoms with Crippen LogP contribution in [0.25, 0.3) is 5.69 Å². The molecule has 0 N–H and O–H groups in total. The van der Waals surface area contributed by atoms with Crippen LogP contribution in [-0.2, 0) is 9.53 Å². The molecule has 1 aliphatic rings. The van der Waals surface area contributed by atoms with Crippen molar-refractivity contribution >= 4 is 23.5 Å². The largest absolute Gasteiger partial charge is 0.465 e. The molecule has 3 aromatic rings. The van der Waals surface area contributed by atoms with Gasteiger partial charge in [-0.25, -0.2) is 9.48 Å². The van der Waals surface area contributed by atoms with Crippen LogP contribution in [0.4, 0.5) is 0 Å². The second-order valence-electron chi connectivity index (χ2n) is 7.53. The summed E-state index contributed by atoms with van der Waals surface area (Å²) < 4.78 is 7.08. The van der Waals surface area contributed by atoms with E-state index in [2.05, 4.69) is 10.00 Å². The van der Waals surface area contributed by atoms with Gasteiger partial charge in [0.1, 0.15) is 6.04 Å². The van der Waals surface area contributed by atoms with Gasteiger partial charge in [0.2, 0.25) is 0 Å². The normalized spacial score (nSPS) is 15.4. The van der Waals surface area contributed by atoms with E-state index in [9.17, 15) is 9.59 Å². The lowest BCUT2D eigenvalue weighted by atomic mass is 10.0. The summed E-state index contributed by atoms with van der Waals surface area (Å²) in [5, 5.41) is 4.82. The Labute approximate surface area is 192 Å². The number of piperazine rings is 1. The maximum atomic E-state index is 13.0. The van der Waals surface area contributed by atoms with E-state index in [0.29, 0.717) is 43.4 Å². The lowest BCUT2D eigenvalue weighted by Gasteiger charge is -2.38. The molecule has 0 saturated carbocycles. The zero-order valence-electron chi connectivity index (χ0n) is 17.9. The number of esters is 1. The van der Waals surface area contributed by atoms with Crippen LogP contribution in [0.1, 0.15) is 28.9 Å². The summed E-state index contributed by atoms with van der Waals surface area (Å²) in [6, 6.07) is 16.0. The van der Waals surface area contributed by atoms with Crippen molar-refractivity contribution in [3.05, 3.63) is 83.1 Å². The second-order valence-corrected chi connectivity index (χ2v) is 7.97. The molecule has 1 unspecified atom stereocenters. The van der Waals surface area contributed by atoms with Gasteiger partial charge in [0.15, 0.2) is 0 Å². The van der Waals surface area contributed by atoms with Gasteiger partial charge in [-0.2, -0.15) is 5.10 Å². The van der Waals surface area contributed by atoms with E-state index in [1.165, 1.54) is 0 Å². The average molecular weight is 453 g/mol. The highest BCUT2D eigenvalue weighted by Gasteiger charge is 2.32. The fraction of sp³-hybridized carbons (Fsp3) is 0.292. The Morgan fingerprint density at radius 3 is 2.31 bits per heavy atom. The minimum absolute atomic E-state index is 0.0177. The summed E-state index contributed by atoms with van der Waals surface area (Å²) >= 11 is 6.02. The first-order chi connectivity index (χ1) is 15.6. The van der Waals surface area contributed by atoms with Crippen molar-refractivity contribution in [2.45, 2.75) is 13.0 Å². The SMILES string of the molecule is CCOC(=O)C(c1ccc(Cl)cc1)N1CCN(C(=O)c2ccc(-n3cccn3)cc2)CC1. The fourth-order valence-electron chi connectivity index (χ4n) is 3.91. The first kappa shape index (κ1) is 22.0. The molecule has 7 nitrogen and oxygen atoms in total. The molecule has 2 aromatic carbocycles. The van der Waals surface area contributed by atoms with Gasteiger partial charge in [-0.05, 0) is 55.0 Å². The number of amides is 1. The summed E-state index contributed by atoms with van der Waals surface area (Å²) in [7, 11) is 0. The quantitative estimate of drug-likeness (QED) is 0.535. The number of nitrogens with zero attached hydrogens (tertiary/aromatic N) is 4. The molecule has 1 atom stereocenters. The molecule has 1 fully saturated rings. The topological polar surface area (TPSA) is 67.7 Å². The predicted molar refractivity (Wildman–Crippen MR) is 122 cm³/mol. The molecule has 166 valence electrons. The van der Waals surface area contributed by atoms with Crippen LogP contribution >= 0.6 is 11.6 Å². The number of aromatic nitrogens is 2. The first-order valence-corrected chi connectivity index (χ1v) is 11.0. The molecule has 0 aliphatic carbocycles. The third-order valence-electron chi connectivity index (χ3n) is 5.55. The van der Waals surface area contributed by atoms with E-state index >= 15 is 0 Å². The summed E-state index contributed by atoms with van der Waals surface area (Å²) in [5.74, 6) is -0.306. The number of hydrogen-bond donors (Lipinski definition) is 0. The highest BCUT2D eigenvalue weighted by Crippen LogP contribution is 2.26. The van der Waals surface area contributed by atoms with Crippen LogP contribution in [-0.4, -0.2) is 64.2 Å². The molecule has 32 heavy (non-hydrogen) atoms.